The van der Waals surface area contributed by atoms with Gasteiger partial charge in [-0.2, -0.15) is 0 Å². The summed E-state index contributed by atoms with van der Waals surface area (Å²) in [6.07, 6.45) is 2.15. The Balaban J connectivity index is 1.90. The first-order valence-corrected chi connectivity index (χ1v) is 8.61. The van der Waals surface area contributed by atoms with Crippen LogP contribution in [0.2, 0.25) is 0 Å². The highest BCUT2D eigenvalue weighted by Crippen LogP contribution is 2.26. The zero-order valence-electron chi connectivity index (χ0n) is 15.3. The number of hydrogen-bond acceptors (Lipinski definition) is 8. The first kappa shape index (κ1) is 19.1. The van der Waals surface area contributed by atoms with Crippen molar-refractivity contribution in [3.8, 4) is 0 Å². The van der Waals surface area contributed by atoms with E-state index in [-0.39, 0.29) is 5.56 Å². The van der Waals surface area contributed by atoms with Crippen LogP contribution >= 0.6 is 0 Å². The van der Waals surface area contributed by atoms with Crippen LogP contribution in [-0.2, 0) is 0 Å². The predicted octanol–water partition coefficient (Wildman–Crippen LogP) is 2.76. The van der Waals surface area contributed by atoms with Gasteiger partial charge in [0.05, 0.1) is 38.6 Å². The van der Waals surface area contributed by atoms with E-state index in [1.165, 1.54) is 0 Å². The average molecular weight is 386 g/mol. The van der Waals surface area contributed by atoms with Crippen LogP contribution < -0.4 is 10.2 Å². The van der Waals surface area contributed by atoms with Gasteiger partial charge in [-0.3, -0.25) is 25.0 Å². The number of nitrogens with one attached hydrogen (secondary N) is 1. The Morgan fingerprint density at radius 1 is 1.00 bits per heavy atom. The van der Waals surface area contributed by atoms with Gasteiger partial charge in [-0.05, 0) is 26.7 Å². The summed E-state index contributed by atoms with van der Waals surface area (Å²) in [5.74, 6) is -0.119. The Bertz CT molecular complexity index is 915. The van der Waals surface area contributed by atoms with E-state index in [0.29, 0.717) is 23.0 Å². The molecule has 1 N–H and O–H groups in total. The Labute approximate surface area is 159 Å². The third kappa shape index (κ3) is 3.87. The topological polar surface area (TPSA) is 144 Å². The molecule has 1 fully saturated rings. The normalized spacial score (nSPS) is 13.4. The van der Waals surface area contributed by atoms with Crippen molar-refractivity contribution in [2.75, 3.05) is 23.3 Å². The number of aryl methyl sites for hydroxylation is 2. The summed E-state index contributed by atoms with van der Waals surface area (Å²) in [4.78, 5) is 44.0. The Hall–Kier alpha value is -3.63. The number of nitrogens with zero attached hydrogens (tertiary/aromatic N) is 5. The summed E-state index contributed by atoms with van der Waals surface area (Å²) in [5.41, 5.74) is 0.206. The average Bonchev–Trinajstić information content (AvgIpc) is 3.18. The number of aromatic nitrogens is 2. The third-order valence-corrected chi connectivity index (χ3v) is 4.47. The quantitative estimate of drug-likeness (QED) is 0.610. The van der Waals surface area contributed by atoms with Crippen molar-refractivity contribution in [2.24, 2.45) is 0 Å². The second-order valence-electron chi connectivity index (χ2n) is 6.47. The van der Waals surface area contributed by atoms with E-state index >= 15 is 0 Å². The van der Waals surface area contributed by atoms with Crippen LogP contribution in [0, 0.1) is 34.1 Å². The highest BCUT2D eigenvalue weighted by atomic mass is 16.6. The molecule has 146 valence electrons. The third-order valence-electron chi connectivity index (χ3n) is 4.47. The summed E-state index contributed by atoms with van der Waals surface area (Å²) in [6.45, 7) is 5.20. The lowest BCUT2D eigenvalue weighted by atomic mass is 10.1. The number of anilines is 2. The minimum absolute atomic E-state index is 0.191. The number of nitro groups is 2. The fraction of sp³-hybridized carbons (Fsp3) is 0.353. The SMILES string of the molecule is Cc1nc(N2CCCC2)nc(C)c1NC(=O)c1cc([N+](=O)[O-])cc([N+](=O)[O-])c1. The lowest BCUT2D eigenvalue weighted by molar-refractivity contribution is -0.394. The maximum absolute atomic E-state index is 12.6. The number of rotatable bonds is 5. The summed E-state index contributed by atoms with van der Waals surface area (Å²) in [7, 11) is 0. The van der Waals surface area contributed by atoms with Crippen molar-refractivity contribution in [3.05, 3.63) is 55.4 Å². The number of non-ortho nitro benzene ring substituents is 2. The van der Waals surface area contributed by atoms with Crippen molar-refractivity contribution in [3.63, 3.8) is 0 Å². The second kappa shape index (κ2) is 7.55. The van der Waals surface area contributed by atoms with Crippen molar-refractivity contribution in [1.29, 1.82) is 0 Å². The Morgan fingerprint density at radius 2 is 1.50 bits per heavy atom. The van der Waals surface area contributed by atoms with Crippen LogP contribution in [0.15, 0.2) is 18.2 Å². The van der Waals surface area contributed by atoms with Gasteiger partial charge in [0.25, 0.3) is 17.3 Å². The molecule has 1 aliphatic rings. The Morgan fingerprint density at radius 3 is 1.96 bits per heavy atom. The van der Waals surface area contributed by atoms with E-state index in [9.17, 15) is 25.0 Å². The number of carbonyl (C=O) groups is 1. The monoisotopic (exact) mass is 386 g/mol. The molecule has 0 aliphatic carbocycles. The summed E-state index contributed by atoms with van der Waals surface area (Å²) < 4.78 is 0. The van der Waals surface area contributed by atoms with Gasteiger partial charge in [0.15, 0.2) is 0 Å². The van der Waals surface area contributed by atoms with Crippen molar-refractivity contribution >= 4 is 28.9 Å². The van der Waals surface area contributed by atoms with Crippen LogP contribution in [0.1, 0.15) is 34.6 Å². The molecule has 1 aromatic heterocycles. The van der Waals surface area contributed by atoms with Crippen molar-refractivity contribution in [1.82, 2.24) is 9.97 Å². The maximum atomic E-state index is 12.6. The first-order valence-electron chi connectivity index (χ1n) is 8.61. The molecule has 28 heavy (non-hydrogen) atoms. The van der Waals surface area contributed by atoms with E-state index < -0.39 is 27.1 Å². The van der Waals surface area contributed by atoms with Crippen molar-refractivity contribution < 1.29 is 14.6 Å². The molecule has 0 saturated carbocycles. The van der Waals surface area contributed by atoms with Crippen LogP contribution in [0.5, 0.6) is 0 Å². The molecule has 1 aromatic carbocycles. The highest BCUT2D eigenvalue weighted by Gasteiger charge is 2.22. The second-order valence-corrected chi connectivity index (χ2v) is 6.47. The lowest BCUT2D eigenvalue weighted by Crippen LogP contribution is -2.22. The summed E-state index contributed by atoms with van der Waals surface area (Å²) in [5, 5.41) is 24.6. The summed E-state index contributed by atoms with van der Waals surface area (Å²) in [6, 6.07) is 2.79. The smallest absolute Gasteiger partial charge is 0.277 e. The number of hydrogen-bond donors (Lipinski definition) is 1. The van der Waals surface area contributed by atoms with Gasteiger partial charge >= 0.3 is 0 Å². The molecule has 0 atom stereocenters. The van der Waals surface area contributed by atoms with Crippen molar-refractivity contribution in [2.45, 2.75) is 26.7 Å². The van der Waals surface area contributed by atoms with Crippen LogP contribution in [0.3, 0.4) is 0 Å². The van der Waals surface area contributed by atoms with Gasteiger partial charge in [0.1, 0.15) is 0 Å². The molecule has 0 radical (unpaired) electrons. The van der Waals surface area contributed by atoms with Gasteiger partial charge in [0.2, 0.25) is 5.95 Å². The largest absolute Gasteiger partial charge is 0.341 e. The zero-order valence-corrected chi connectivity index (χ0v) is 15.3. The molecule has 1 aliphatic heterocycles. The van der Waals surface area contributed by atoms with Gasteiger partial charge < -0.3 is 10.2 Å². The van der Waals surface area contributed by atoms with Crippen LogP contribution in [-0.4, -0.2) is 38.8 Å². The molecule has 0 spiro atoms. The lowest BCUT2D eigenvalue weighted by Gasteiger charge is -2.18. The minimum atomic E-state index is -0.783. The first-order chi connectivity index (χ1) is 13.3. The van der Waals surface area contributed by atoms with E-state index in [1.807, 2.05) is 0 Å². The predicted molar refractivity (Wildman–Crippen MR) is 101 cm³/mol. The fourth-order valence-electron chi connectivity index (χ4n) is 3.06. The van der Waals surface area contributed by atoms with Gasteiger partial charge in [-0.25, -0.2) is 9.97 Å². The fourth-order valence-corrected chi connectivity index (χ4v) is 3.06. The molecule has 0 bridgehead atoms. The maximum Gasteiger partial charge on any atom is 0.277 e. The number of nitro benzene ring substituents is 2. The van der Waals surface area contributed by atoms with E-state index in [0.717, 1.165) is 44.1 Å². The molecule has 2 heterocycles. The minimum Gasteiger partial charge on any atom is -0.341 e. The van der Waals surface area contributed by atoms with Crippen LogP contribution in [0.4, 0.5) is 23.0 Å². The van der Waals surface area contributed by atoms with Crippen LogP contribution in [0.25, 0.3) is 0 Å². The molecule has 11 nitrogen and oxygen atoms in total. The molecule has 1 amide bonds. The zero-order chi connectivity index (χ0) is 20.4. The highest BCUT2D eigenvalue weighted by molar-refractivity contribution is 6.05. The summed E-state index contributed by atoms with van der Waals surface area (Å²) >= 11 is 0. The van der Waals surface area contributed by atoms with E-state index in [1.54, 1.807) is 13.8 Å². The number of carbonyl (C=O) groups excluding carboxylic acids is 1. The molecule has 3 rings (SSSR count). The van der Waals surface area contributed by atoms with E-state index in [4.69, 9.17) is 0 Å². The molecule has 2 aromatic rings. The molecular formula is C17H18N6O5. The Kier molecular flexibility index (Phi) is 5.16. The van der Waals surface area contributed by atoms with Gasteiger partial charge in [0, 0.05) is 25.2 Å². The molecular weight excluding hydrogens is 368 g/mol. The molecule has 1 saturated heterocycles. The standard InChI is InChI=1S/C17H18N6O5/c1-10-15(11(2)19-17(18-10)21-5-3-4-6-21)20-16(24)12-7-13(22(25)26)9-14(8-12)23(27)28/h7-9H,3-6H2,1-2H3,(H,20,24). The number of amides is 1. The van der Waals surface area contributed by atoms with Gasteiger partial charge in [-0.15, -0.1) is 0 Å². The van der Waals surface area contributed by atoms with E-state index in [2.05, 4.69) is 20.2 Å². The molecule has 0 unspecified atom stereocenters. The number of benzene rings is 1. The molecule has 11 heteroatoms. The van der Waals surface area contributed by atoms with Gasteiger partial charge in [-0.1, -0.05) is 0 Å².